The van der Waals surface area contributed by atoms with Gasteiger partial charge < -0.3 is 15.7 Å². The van der Waals surface area contributed by atoms with Crippen LogP contribution in [0.5, 0.6) is 0 Å². The molecule has 0 aromatic carbocycles. The summed E-state index contributed by atoms with van der Waals surface area (Å²) in [7, 11) is 0. The van der Waals surface area contributed by atoms with Gasteiger partial charge in [-0.05, 0) is 12.8 Å². The van der Waals surface area contributed by atoms with E-state index in [0.717, 1.165) is 12.8 Å². The first-order valence-electron chi connectivity index (χ1n) is 5.71. The van der Waals surface area contributed by atoms with Crippen molar-refractivity contribution in [3.8, 4) is 0 Å². The number of carboxylic acid groups (broad SMARTS) is 1. The van der Waals surface area contributed by atoms with E-state index in [-0.39, 0.29) is 18.5 Å². The third-order valence-corrected chi connectivity index (χ3v) is 2.92. The van der Waals surface area contributed by atoms with Crippen molar-refractivity contribution in [2.24, 2.45) is 11.8 Å². The zero-order chi connectivity index (χ0) is 13.0. The molecule has 0 radical (unpaired) electrons. The van der Waals surface area contributed by atoms with Crippen LogP contribution >= 0.6 is 0 Å². The number of hydrogen-bond donors (Lipinski definition) is 3. The average Bonchev–Trinajstić information content (AvgIpc) is 3.07. The van der Waals surface area contributed by atoms with Crippen LogP contribution in [-0.4, -0.2) is 35.5 Å². The maximum absolute atomic E-state index is 11.5. The maximum Gasteiger partial charge on any atom is 0.307 e. The lowest BCUT2D eigenvalue weighted by atomic mass is 9.95. The van der Waals surface area contributed by atoms with E-state index >= 15 is 0 Å². The Morgan fingerprint density at radius 2 is 1.82 bits per heavy atom. The molecule has 0 saturated heterocycles. The van der Waals surface area contributed by atoms with Crippen LogP contribution < -0.4 is 10.6 Å². The number of hydrogen-bond acceptors (Lipinski definition) is 3. The zero-order valence-electron chi connectivity index (χ0n) is 10.0. The van der Waals surface area contributed by atoms with E-state index in [1.807, 2.05) is 0 Å². The minimum atomic E-state index is -1.02. The highest BCUT2D eigenvalue weighted by molar-refractivity contribution is 5.88. The molecule has 6 heteroatoms. The van der Waals surface area contributed by atoms with E-state index < -0.39 is 23.7 Å². The molecule has 1 aliphatic rings. The van der Waals surface area contributed by atoms with E-state index in [9.17, 15) is 14.4 Å². The topological polar surface area (TPSA) is 95.5 Å². The van der Waals surface area contributed by atoms with Crippen LogP contribution in [0.3, 0.4) is 0 Å². The highest BCUT2D eigenvalue weighted by Gasteiger charge is 2.27. The Balaban J connectivity index is 2.27. The van der Waals surface area contributed by atoms with E-state index in [2.05, 4.69) is 10.6 Å². The van der Waals surface area contributed by atoms with Crippen molar-refractivity contribution < 1.29 is 19.5 Å². The standard InChI is InChI=1S/C11H18N2O4/c1-6(7(2)11(16)17)10(15)12-5-9(14)13-8-3-4-8/h6-8H,3-5H2,1-2H3,(H,12,15)(H,13,14)(H,16,17). The first-order valence-corrected chi connectivity index (χ1v) is 5.71. The van der Waals surface area contributed by atoms with Gasteiger partial charge in [-0.1, -0.05) is 13.8 Å². The molecule has 0 aliphatic heterocycles. The highest BCUT2D eigenvalue weighted by Crippen LogP contribution is 2.18. The fourth-order valence-electron chi connectivity index (χ4n) is 1.28. The normalized spacial score (nSPS) is 18.0. The summed E-state index contributed by atoms with van der Waals surface area (Å²) in [4.78, 5) is 33.5. The minimum Gasteiger partial charge on any atom is -0.481 e. The van der Waals surface area contributed by atoms with Crippen LogP contribution in [0.25, 0.3) is 0 Å². The molecule has 2 amide bonds. The van der Waals surface area contributed by atoms with Crippen LogP contribution in [0.2, 0.25) is 0 Å². The Kier molecular flexibility index (Phi) is 4.48. The van der Waals surface area contributed by atoms with Gasteiger partial charge in [-0.15, -0.1) is 0 Å². The lowest BCUT2D eigenvalue weighted by molar-refractivity contribution is -0.146. The molecule has 0 heterocycles. The Bertz CT molecular complexity index is 325. The average molecular weight is 242 g/mol. The number of carbonyl (C=O) groups is 3. The Morgan fingerprint density at radius 1 is 1.24 bits per heavy atom. The Labute approximate surface area is 99.8 Å². The van der Waals surface area contributed by atoms with Gasteiger partial charge >= 0.3 is 5.97 Å². The number of aliphatic carboxylic acids is 1. The summed E-state index contributed by atoms with van der Waals surface area (Å²) in [5.74, 6) is -3.07. The molecule has 1 aliphatic carbocycles. The van der Waals surface area contributed by atoms with E-state index in [1.165, 1.54) is 13.8 Å². The molecular weight excluding hydrogens is 224 g/mol. The van der Waals surface area contributed by atoms with E-state index in [1.54, 1.807) is 0 Å². The molecule has 17 heavy (non-hydrogen) atoms. The first kappa shape index (κ1) is 13.5. The second-order valence-electron chi connectivity index (χ2n) is 4.48. The second kappa shape index (κ2) is 5.65. The molecule has 1 fully saturated rings. The van der Waals surface area contributed by atoms with Crippen molar-refractivity contribution in [3.05, 3.63) is 0 Å². The van der Waals surface area contributed by atoms with Crippen molar-refractivity contribution in [2.45, 2.75) is 32.7 Å². The Morgan fingerprint density at radius 3 is 2.29 bits per heavy atom. The number of amides is 2. The number of nitrogens with one attached hydrogen (secondary N) is 2. The van der Waals surface area contributed by atoms with Crippen molar-refractivity contribution in [2.75, 3.05) is 6.54 Å². The Hall–Kier alpha value is -1.59. The monoisotopic (exact) mass is 242 g/mol. The number of carboxylic acids is 1. The van der Waals surface area contributed by atoms with Gasteiger partial charge in [0.15, 0.2) is 0 Å². The highest BCUT2D eigenvalue weighted by atomic mass is 16.4. The van der Waals surface area contributed by atoms with Crippen LogP contribution in [0, 0.1) is 11.8 Å². The molecule has 3 N–H and O–H groups in total. The third-order valence-electron chi connectivity index (χ3n) is 2.92. The fourth-order valence-corrected chi connectivity index (χ4v) is 1.28. The smallest absolute Gasteiger partial charge is 0.307 e. The zero-order valence-corrected chi connectivity index (χ0v) is 10.0. The van der Waals surface area contributed by atoms with Crippen LogP contribution in [0.4, 0.5) is 0 Å². The molecule has 0 spiro atoms. The predicted octanol–water partition coefficient (Wildman–Crippen LogP) is -0.262. The summed E-state index contributed by atoms with van der Waals surface area (Å²) in [6.45, 7) is 2.91. The van der Waals surface area contributed by atoms with Crippen molar-refractivity contribution in [1.29, 1.82) is 0 Å². The van der Waals surface area contributed by atoms with Gasteiger partial charge in [0, 0.05) is 12.0 Å². The molecule has 0 aromatic rings. The van der Waals surface area contributed by atoms with E-state index in [0.29, 0.717) is 0 Å². The number of rotatable bonds is 6. The van der Waals surface area contributed by atoms with Gasteiger partial charge in [0.1, 0.15) is 0 Å². The molecule has 6 nitrogen and oxygen atoms in total. The first-order chi connectivity index (χ1) is 7.91. The van der Waals surface area contributed by atoms with Crippen molar-refractivity contribution in [1.82, 2.24) is 10.6 Å². The molecule has 1 rings (SSSR count). The third kappa shape index (κ3) is 4.42. The molecule has 1 saturated carbocycles. The van der Waals surface area contributed by atoms with Crippen molar-refractivity contribution >= 4 is 17.8 Å². The molecule has 2 unspecified atom stereocenters. The number of carbonyl (C=O) groups excluding carboxylic acids is 2. The molecular formula is C11H18N2O4. The van der Waals surface area contributed by atoms with Crippen molar-refractivity contribution in [3.63, 3.8) is 0 Å². The van der Waals surface area contributed by atoms with E-state index in [4.69, 9.17) is 5.11 Å². The second-order valence-corrected chi connectivity index (χ2v) is 4.48. The summed E-state index contributed by atoms with van der Waals surface area (Å²) in [6.07, 6.45) is 1.98. The molecule has 96 valence electrons. The van der Waals surface area contributed by atoms with Gasteiger partial charge in [-0.3, -0.25) is 14.4 Å². The lowest BCUT2D eigenvalue weighted by Crippen LogP contribution is -2.41. The largest absolute Gasteiger partial charge is 0.481 e. The lowest BCUT2D eigenvalue weighted by Gasteiger charge is -2.15. The van der Waals surface area contributed by atoms with Gasteiger partial charge in [-0.25, -0.2) is 0 Å². The summed E-state index contributed by atoms with van der Waals surface area (Å²) >= 11 is 0. The van der Waals surface area contributed by atoms with Gasteiger partial charge in [0.25, 0.3) is 0 Å². The summed E-state index contributed by atoms with van der Waals surface area (Å²) in [5.41, 5.74) is 0. The van der Waals surface area contributed by atoms with Crippen LogP contribution in [0.15, 0.2) is 0 Å². The summed E-state index contributed by atoms with van der Waals surface area (Å²) in [6, 6.07) is 0.259. The predicted molar refractivity (Wildman–Crippen MR) is 60.1 cm³/mol. The maximum atomic E-state index is 11.5. The summed E-state index contributed by atoms with van der Waals surface area (Å²) < 4.78 is 0. The SMILES string of the molecule is CC(C(=O)O)C(C)C(=O)NCC(=O)NC1CC1. The van der Waals surface area contributed by atoms with Gasteiger partial charge in [0.2, 0.25) is 11.8 Å². The quantitative estimate of drug-likeness (QED) is 0.598. The molecule has 2 atom stereocenters. The van der Waals surface area contributed by atoms with Gasteiger partial charge in [-0.2, -0.15) is 0 Å². The molecule has 0 aromatic heterocycles. The summed E-state index contributed by atoms with van der Waals surface area (Å²) in [5, 5.41) is 13.9. The fraction of sp³-hybridized carbons (Fsp3) is 0.727. The van der Waals surface area contributed by atoms with Gasteiger partial charge in [0.05, 0.1) is 12.5 Å². The van der Waals surface area contributed by atoms with Crippen LogP contribution in [0.1, 0.15) is 26.7 Å². The minimum absolute atomic E-state index is 0.0913. The van der Waals surface area contributed by atoms with Crippen LogP contribution in [-0.2, 0) is 14.4 Å². The molecule has 0 bridgehead atoms.